The standard InChI is InChI=1S/C52H41NS/c1-51(2)45-19-11-10-17-44(45)48-46(51)32-33-47-49(48)54-50-43(18-12-34-52(47,50)3)39-24-30-42(31-25-39)53(40-26-20-37(21-27-40)35-13-6-4-7-14-35)41-28-22-38(23-29-41)36-15-8-5-9-16-36/h4-34,50H,1-3H3. The summed E-state index contributed by atoms with van der Waals surface area (Å²) in [5, 5.41) is 0.290. The first-order chi connectivity index (χ1) is 26.4. The van der Waals surface area contributed by atoms with Gasteiger partial charge in [-0.3, -0.25) is 0 Å². The summed E-state index contributed by atoms with van der Waals surface area (Å²) in [6, 6.07) is 62.2. The zero-order chi connectivity index (χ0) is 36.4. The Kier molecular flexibility index (Phi) is 7.68. The van der Waals surface area contributed by atoms with Crippen molar-refractivity contribution < 1.29 is 0 Å². The topological polar surface area (TPSA) is 3.24 Å². The number of allylic oxidation sites excluding steroid dienone is 3. The zero-order valence-corrected chi connectivity index (χ0v) is 31.6. The SMILES string of the molecule is CC1(C)c2ccccc2-c2c1ccc1c2SC2C(c3ccc(N(c4ccc(-c5ccccc5)cc4)c4ccc(-c5ccccc5)cc4)cc3)=CC=CC12C. The molecule has 2 heteroatoms. The number of hydrogen-bond donors (Lipinski definition) is 0. The predicted molar refractivity (Wildman–Crippen MR) is 230 cm³/mol. The van der Waals surface area contributed by atoms with Crippen LogP contribution < -0.4 is 4.90 Å². The van der Waals surface area contributed by atoms with Crippen LogP contribution in [-0.2, 0) is 10.8 Å². The largest absolute Gasteiger partial charge is 0.311 e. The molecule has 7 aromatic carbocycles. The van der Waals surface area contributed by atoms with E-state index < -0.39 is 0 Å². The Morgan fingerprint density at radius 1 is 0.463 bits per heavy atom. The average molecular weight is 712 g/mol. The first-order valence-corrected chi connectivity index (χ1v) is 19.8. The minimum absolute atomic E-state index is 0.00384. The maximum atomic E-state index is 2.44. The monoisotopic (exact) mass is 711 g/mol. The Hall–Kier alpha value is -5.83. The van der Waals surface area contributed by atoms with E-state index in [2.05, 4.69) is 226 Å². The molecule has 2 atom stereocenters. The molecule has 7 aromatic rings. The van der Waals surface area contributed by atoms with Crippen molar-refractivity contribution in [3.05, 3.63) is 210 Å². The third-order valence-electron chi connectivity index (χ3n) is 12.0. The van der Waals surface area contributed by atoms with Crippen LogP contribution in [0.15, 0.2) is 193 Å². The lowest BCUT2D eigenvalue weighted by Gasteiger charge is -2.33. The number of benzene rings is 7. The highest BCUT2D eigenvalue weighted by Gasteiger charge is 2.49. The summed E-state index contributed by atoms with van der Waals surface area (Å²) in [6.45, 7) is 7.19. The molecule has 0 fully saturated rings. The smallest absolute Gasteiger partial charge is 0.0480 e. The predicted octanol–water partition coefficient (Wildman–Crippen LogP) is 14.2. The maximum Gasteiger partial charge on any atom is 0.0480 e. The molecule has 2 unspecified atom stereocenters. The van der Waals surface area contributed by atoms with Gasteiger partial charge in [-0.15, -0.1) is 11.8 Å². The van der Waals surface area contributed by atoms with E-state index in [0.717, 1.165) is 17.1 Å². The van der Waals surface area contributed by atoms with Gasteiger partial charge in [-0.05, 0) is 97.6 Å². The van der Waals surface area contributed by atoms with E-state index in [0.29, 0.717) is 0 Å². The molecule has 1 heterocycles. The van der Waals surface area contributed by atoms with Crippen LogP contribution in [0, 0.1) is 0 Å². The molecule has 0 saturated carbocycles. The molecule has 260 valence electrons. The Labute approximate surface area is 323 Å². The fraction of sp³-hybridized carbons (Fsp3) is 0.115. The molecule has 0 bridgehead atoms. The second kappa shape index (κ2) is 12.6. The fourth-order valence-corrected chi connectivity index (χ4v) is 10.8. The Morgan fingerprint density at radius 3 is 1.52 bits per heavy atom. The third-order valence-corrected chi connectivity index (χ3v) is 13.6. The summed E-state index contributed by atoms with van der Waals surface area (Å²) in [6.07, 6.45) is 7.07. The highest BCUT2D eigenvalue weighted by molar-refractivity contribution is 8.01. The molecule has 0 saturated heterocycles. The summed E-state index contributed by atoms with van der Waals surface area (Å²) in [5.74, 6) is 0. The second-order valence-corrected chi connectivity index (χ2v) is 16.6. The molecule has 1 nitrogen and oxygen atoms in total. The van der Waals surface area contributed by atoms with Crippen LogP contribution in [0.5, 0.6) is 0 Å². The van der Waals surface area contributed by atoms with Crippen LogP contribution in [0.4, 0.5) is 17.1 Å². The van der Waals surface area contributed by atoms with Crippen LogP contribution >= 0.6 is 11.8 Å². The van der Waals surface area contributed by atoms with Crippen molar-refractivity contribution in [2.24, 2.45) is 0 Å². The fourth-order valence-electron chi connectivity index (χ4n) is 9.06. The number of thioether (sulfide) groups is 1. The van der Waals surface area contributed by atoms with Gasteiger partial charge < -0.3 is 4.90 Å². The maximum absolute atomic E-state index is 2.44. The minimum Gasteiger partial charge on any atom is -0.311 e. The molecular weight excluding hydrogens is 671 g/mol. The van der Waals surface area contributed by atoms with Gasteiger partial charge in [0.1, 0.15) is 0 Å². The van der Waals surface area contributed by atoms with Gasteiger partial charge in [-0.25, -0.2) is 0 Å². The lowest BCUT2D eigenvalue weighted by molar-refractivity contribution is 0.625. The highest BCUT2D eigenvalue weighted by atomic mass is 32.2. The van der Waals surface area contributed by atoms with Gasteiger partial charge in [-0.1, -0.05) is 172 Å². The molecule has 1 aliphatic heterocycles. The van der Waals surface area contributed by atoms with Crippen LogP contribution in [0.25, 0.3) is 39.0 Å². The van der Waals surface area contributed by atoms with Crippen molar-refractivity contribution in [3.8, 4) is 33.4 Å². The summed E-state index contributed by atoms with van der Waals surface area (Å²) in [7, 11) is 0. The van der Waals surface area contributed by atoms with Crippen molar-refractivity contribution in [1.29, 1.82) is 0 Å². The third kappa shape index (κ3) is 5.16. The van der Waals surface area contributed by atoms with Gasteiger partial charge in [0, 0.05) is 38.0 Å². The Balaban J connectivity index is 1.01. The first kappa shape index (κ1) is 32.8. The van der Waals surface area contributed by atoms with Crippen LogP contribution in [0.3, 0.4) is 0 Å². The zero-order valence-electron chi connectivity index (χ0n) is 30.8. The Morgan fingerprint density at radius 2 is 0.944 bits per heavy atom. The molecule has 54 heavy (non-hydrogen) atoms. The van der Waals surface area contributed by atoms with E-state index in [9.17, 15) is 0 Å². The highest BCUT2D eigenvalue weighted by Crippen LogP contribution is 2.62. The molecule has 0 N–H and O–H groups in total. The number of anilines is 3. The number of nitrogens with zero attached hydrogens (tertiary/aromatic N) is 1. The van der Waals surface area contributed by atoms with E-state index in [1.54, 1.807) is 0 Å². The molecule has 0 aromatic heterocycles. The van der Waals surface area contributed by atoms with Gasteiger partial charge in [0.2, 0.25) is 0 Å². The molecule has 0 radical (unpaired) electrons. The first-order valence-electron chi connectivity index (χ1n) is 19.0. The molecule has 10 rings (SSSR count). The molecular formula is C52H41NS. The van der Waals surface area contributed by atoms with Gasteiger partial charge in [-0.2, -0.15) is 0 Å². The summed E-state index contributed by atoms with van der Waals surface area (Å²) >= 11 is 2.06. The molecule has 2 aliphatic carbocycles. The molecule has 3 aliphatic rings. The van der Waals surface area contributed by atoms with Gasteiger partial charge in [0.05, 0.1) is 0 Å². The molecule has 0 spiro atoms. The lowest BCUT2D eigenvalue weighted by Crippen LogP contribution is -2.31. The number of hydrogen-bond acceptors (Lipinski definition) is 2. The van der Waals surface area contributed by atoms with E-state index in [1.165, 1.54) is 66.1 Å². The van der Waals surface area contributed by atoms with E-state index in [1.807, 2.05) is 0 Å². The summed E-state index contributed by atoms with van der Waals surface area (Å²) < 4.78 is 0. The van der Waals surface area contributed by atoms with Crippen molar-refractivity contribution in [3.63, 3.8) is 0 Å². The number of rotatable bonds is 6. The minimum atomic E-state index is -0.0908. The van der Waals surface area contributed by atoms with Crippen molar-refractivity contribution >= 4 is 34.4 Å². The van der Waals surface area contributed by atoms with Crippen molar-refractivity contribution in [1.82, 2.24) is 0 Å². The van der Waals surface area contributed by atoms with Crippen LogP contribution in [-0.4, -0.2) is 5.25 Å². The molecule has 0 amide bonds. The van der Waals surface area contributed by atoms with Crippen LogP contribution in [0.2, 0.25) is 0 Å². The van der Waals surface area contributed by atoms with Gasteiger partial charge >= 0.3 is 0 Å². The van der Waals surface area contributed by atoms with E-state index >= 15 is 0 Å². The summed E-state index contributed by atoms with van der Waals surface area (Å²) in [4.78, 5) is 3.83. The lowest BCUT2D eigenvalue weighted by atomic mass is 9.72. The summed E-state index contributed by atoms with van der Waals surface area (Å²) in [5.41, 5.74) is 18.0. The van der Waals surface area contributed by atoms with E-state index in [4.69, 9.17) is 0 Å². The number of fused-ring (bicyclic) bond motifs is 7. The van der Waals surface area contributed by atoms with Gasteiger partial charge in [0.25, 0.3) is 0 Å². The second-order valence-electron chi connectivity index (χ2n) is 15.5. The van der Waals surface area contributed by atoms with Crippen molar-refractivity contribution in [2.45, 2.75) is 41.7 Å². The quantitative estimate of drug-likeness (QED) is 0.169. The Bertz CT molecular complexity index is 2500. The van der Waals surface area contributed by atoms with Gasteiger partial charge in [0.15, 0.2) is 0 Å². The normalized spacial score (nSPS) is 18.6. The van der Waals surface area contributed by atoms with Crippen LogP contribution in [0.1, 0.15) is 43.0 Å². The average Bonchev–Trinajstić information content (AvgIpc) is 3.66. The van der Waals surface area contributed by atoms with E-state index in [-0.39, 0.29) is 16.1 Å². The van der Waals surface area contributed by atoms with Crippen molar-refractivity contribution in [2.75, 3.05) is 4.90 Å².